The molecule has 1 aromatic heterocycles. The van der Waals surface area contributed by atoms with E-state index in [9.17, 15) is 4.79 Å². The van der Waals surface area contributed by atoms with Crippen molar-refractivity contribution in [3.63, 3.8) is 0 Å². The molecule has 5 nitrogen and oxygen atoms in total. The quantitative estimate of drug-likeness (QED) is 0.843. The maximum absolute atomic E-state index is 10.7. The molecule has 0 fully saturated rings. The number of hydrogen-bond acceptors (Lipinski definition) is 3. The first kappa shape index (κ1) is 13.6. The van der Waals surface area contributed by atoms with Gasteiger partial charge in [-0.1, -0.05) is 18.2 Å². The molecule has 0 radical (unpaired) electrons. The Morgan fingerprint density at radius 1 is 1.47 bits per heavy atom. The number of aromatic nitrogens is 1. The van der Waals surface area contributed by atoms with Crippen LogP contribution in [-0.4, -0.2) is 40.2 Å². The standard InChI is InChI=1S/C14H19N3O2/c1-16(9-12(15)14(18)19)7-10-8-17(2)13-6-4-3-5-11(10)13/h3-6,8,12H,7,9,15H2,1-2H3,(H,18,19). The van der Waals surface area contributed by atoms with E-state index in [-0.39, 0.29) is 0 Å². The third-order valence-corrected chi connectivity index (χ3v) is 3.25. The minimum absolute atomic E-state index is 0.332. The van der Waals surface area contributed by atoms with Crippen LogP contribution < -0.4 is 5.73 Å². The molecule has 0 spiro atoms. The minimum atomic E-state index is -0.968. The largest absolute Gasteiger partial charge is 0.480 e. The van der Waals surface area contributed by atoms with Crippen molar-refractivity contribution >= 4 is 16.9 Å². The number of benzene rings is 1. The average Bonchev–Trinajstić information content (AvgIpc) is 2.67. The van der Waals surface area contributed by atoms with E-state index in [0.717, 1.165) is 0 Å². The summed E-state index contributed by atoms with van der Waals surface area (Å²) >= 11 is 0. The Hall–Kier alpha value is -1.85. The van der Waals surface area contributed by atoms with Crippen LogP contribution in [0.1, 0.15) is 5.56 Å². The molecular formula is C14H19N3O2. The number of nitrogens with zero attached hydrogens (tertiary/aromatic N) is 2. The average molecular weight is 261 g/mol. The second-order valence-corrected chi connectivity index (χ2v) is 4.92. The third-order valence-electron chi connectivity index (χ3n) is 3.25. The fourth-order valence-corrected chi connectivity index (χ4v) is 2.32. The van der Waals surface area contributed by atoms with Crippen LogP contribution in [0.15, 0.2) is 30.5 Å². The molecule has 0 saturated heterocycles. The van der Waals surface area contributed by atoms with Crippen molar-refractivity contribution in [2.75, 3.05) is 13.6 Å². The summed E-state index contributed by atoms with van der Waals surface area (Å²) in [6.07, 6.45) is 2.08. The molecule has 102 valence electrons. The molecule has 0 saturated carbocycles. The molecule has 3 N–H and O–H groups in total. The predicted molar refractivity (Wildman–Crippen MR) is 74.9 cm³/mol. The number of nitrogens with two attached hydrogens (primary N) is 1. The summed E-state index contributed by atoms with van der Waals surface area (Å²) in [4.78, 5) is 12.7. The summed E-state index contributed by atoms with van der Waals surface area (Å²) in [5.41, 5.74) is 7.90. The number of carboxylic acids is 1. The summed E-state index contributed by atoms with van der Waals surface area (Å²) < 4.78 is 2.08. The first-order valence-corrected chi connectivity index (χ1v) is 6.19. The number of fused-ring (bicyclic) bond motifs is 1. The van der Waals surface area contributed by atoms with Gasteiger partial charge in [-0.2, -0.15) is 0 Å². The Bertz CT molecular complexity index is 591. The van der Waals surface area contributed by atoms with E-state index in [1.165, 1.54) is 16.5 Å². The van der Waals surface area contributed by atoms with Gasteiger partial charge in [-0.3, -0.25) is 9.69 Å². The van der Waals surface area contributed by atoms with Gasteiger partial charge >= 0.3 is 5.97 Å². The van der Waals surface area contributed by atoms with Gasteiger partial charge in [0.05, 0.1) is 0 Å². The Kier molecular flexibility index (Phi) is 3.87. The van der Waals surface area contributed by atoms with E-state index in [1.807, 2.05) is 31.1 Å². The normalized spacial score (nSPS) is 13.1. The molecule has 5 heteroatoms. The number of rotatable bonds is 5. The zero-order valence-corrected chi connectivity index (χ0v) is 11.2. The van der Waals surface area contributed by atoms with Crippen LogP contribution in [0.2, 0.25) is 0 Å². The number of para-hydroxylation sites is 1. The van der Waals surface area contributed by atoms with Gasteiger partial charge in [0.25, 0.3) is 0 Å². The molecule has 1 heterocycles. The highest BCUT2D eigenvalue weighted by Crippen LogP contribution is 2.21. The summed E-state index contributed by atoms with van der Waals surface area (Å²) in [6.45, 7) is 1.01. The summed E-state index contributed by atoms with van der Waals surface area (Å²) in [6, 6.07) is 7.32. The van der Waals surface area contributed by atoms with Crippen LogP contribution in [-0.2, 0) is 18.4 Å². The number of aliphatic carboxylic acids is 1. The molecule has 0 aliphatic rings. The lowest BCUT2D eigenvalue weighted by atomic mass is 10.1. The van der Waals surface area contributed by atoms with Crippen molar-refractivity contribution in [1.29, 1.82) is 0 Å². The van der Waals surface area contributed by atoms with Gasteiger partial charge in [-0.05, 0) is 18.7 Å². The molecule has 1 atom stereocenters. The van der Waals surface area contributed by atoms with Crippen molar-refractivity contribution in [2.45, 2.75) is 12.6 Å². The minimum Gasteiger partial charge on any atom is -0.480 e. The molecule has 2 aromatic rings. The monoisotopic (exact) mass is 261 g/mol. The van der Waals surface area contributed by atoms with E-state index in [0.29, 0.717) is 13.1 Å². The second-order valence-electron chi connectivity index (χ2n) is 4.92. The van der Waals surface area contributed by atoms with E-state index in [4.69, 9.17) is 10.8 Å². The molecule has 0 amide bonds. The number of aryl methyl sites for hydroxylation is 1. The number of carbonyl (C=O) groups is 1. The third kappa shape index (κ3) is 2.94. The van der Waals surface area contributed by atoms with Crippen LogP contribution >= 0.6 is 0 Å². The van der Waals surface area contributed by atoms with E-state index >= 15 is 0 Å². The van der Waals surface area contributed by atoms with E-state index < -0.39 is 12.0 Å². The SMILES string of the molecule is CN(Cc1cn(C)c2ccccc12)CC(N)C(=O)O. The van der Waals surface area contributed by atoms with E-state index in [1.54, 1.807) is 0 Å². The molecular weight excluding hydrogens is 242 g/mol. The first-order valence-electron chi connectivity index (χ1n) is 6.19. The van der Waals surface area contributed by atoms with Gasteiger partial charge in [0.15, 0.2) is 0 Å². The molecule has 0 aliphatic carbocycles. The topological polar surface area (TPSA) is 71.5 Å². The Balaban J connectivity index is 2.15. The predicted octanol–water partition coefficient (Wildman–Crippen LogP) is 1.02. The summed E-state index contributed by atoms with van der Waals surface area (Å²) in [7, 11) is 3.89. The van der Waals surface area contributed by atoms with Gasteiger partial charge in [0, 0.05) is 37.2 Å². The lowest BCUT2D eigenvalue weighted by Crippen LogP contribution is -2.40. The molecule has 0 bridgehead atoms. The Labute approximate surface area is 112 Å². The Morgan fingerprint density at radius 2 is 2.16 bits per heavy atom. The molecule has 1 aromatic carbocycles. The molecule has 0 aliphatic heterocycles. The highest BCUT2D eigenvalue weighted by Gasteiger charge is 2.15. The van der Waals surface area contributed by atoms with Crippen LogP contribution in [0.4, 0.5) is 0 Å². The second kappa shape index (κ2) is 5.42. The highest BCUT2D eigenvalue weighted by molar-refractivity contribution is 5.83. The zero-order chi connectivity index (χ0) is 14.0. The fraction of sp³-hybridized carbons (Fsp3) is 0.357. The van der Waals surface area contributed by atoms with Gasteiger partial charge < -0.3 is 15.4 Å². The van der Waals surface area contributed by atoms with Crippen LogP contribution in [0.3, 0.4) is 0 Å². The molecule has 19 heavy (non-hydrogen) atoms. The van der Waals surface area contributed by atoms with Gasteiger partial charge in [0.2, 0.25) is 0 Å². The van der Waals surface area contributed by atoms with Crippen LogP contribution in [0.25, 0.3) is 10.9 Å². The highest BCUT2D eigenvalue weighted by atomic mass is 16.4. The van der Waals surface area contributed by atoms with Crippen molar-refractivity contribution < 1.29 is 9.90 Å². The molecule has 1 unspecified atom stereocenters. The van der Waals surface area contributed by atoms with Gasteiger partial charge in [0.1, 0.15) is 6.04 Å². The van der Waals surface area contributed by atoms with Crippen molar-refractivity contribution in [3.8, 4) is 0 Å². The van der Waals surface area contributed by atoms with Crippen LogP contribution in [0.5, 0.6) is 0 Å². The van der Waals surface area contributed by atoms with Crippen molar-refractivity contribution in [1.82, 2.24) is 9.47 Å². The molecule has 2 rings (SSSR count). The lowest BCUT2D eigenvalue weighted by Gasteiger charge is -2.18. The smallest absolute Gasteiger partial charge is 0.321 e. The maximum Gasteiger partial charge on any atom is 0.321 e. The van der Waals surface area contributed by atoms with Crippen molar-refractivity contribution in [3.05, 3.63) is 36.0 Å². The lowest BCUT2D eigenvalue weighted by molar-refractivity contribution is -0.138. The van der Waals surface area contributed by atoms with E-state index in [2.05, 4.69) is 22.9 Å². The number of likely N-dealkylation sites (N-methyl/N-ethyl adjacent to an activating group) is 1. The summed E-state index contributed by atoms with van der Waals surface area (Å²) in [5.74, 6) is -0.968. The number of hydrogen-bond donors (Lipinski definition) is 2. The van der Waals surface area contributed by atoms with Crippen molar-refractivity contribution in [2.24, 2.45) is 12.8 Å². The summed E-state index contributed by atoms with van der Waals surface area (Å²) in [5, 5.41) is 10.0. The Morgan fingerprint density at radius 3 is 2.84 bits per heavy atom. The first-order chi connectivity index (χ1) is 8.99. The van der Waals surface area contributed by atoms with Gasteiger partial charge in [-0.15, -0.1) is 0 Å². The zero-order valence-electron chi connectivity index (χ0n) is 11.2. The maximum atomic E-state index is 10.7. The van der Waals surface area contributed by atoms with Gasteiger partial charge in [-0.25, -0.2) is 0 Å². The number of carboxylic acid groups (broad SMARTS) is 1. The van der Waals surface area contributed by atoms with Crippen LogP contribution in [0, 0.1) is 0 Å². The fourth-order valence-electron chi connectivity index (χ4n) is 2.32.